The second kappa shape index (κ2) is 4.65. The summed E-state index contributed by atoms with van der Waals surface area (Å²) in [6, 6.07) is -2.08. The van der Waals surface area contributed by atoms with Crippen LogP contribution in [0.3, 0.4) is 0 Å². The van der Waals surface area contributed by atoms with Gasteiger partial charge in [0.1, 0.15) is 0 Å². The summed E-state index contributed by atoms with van der Waals surface area (Å²) in [6.45, 7) is 0. The van der Waals surface area contributed by atoms with Crippen molar-refractivity contribution in [3.8, 4) is 0 Å². The molecule has 0 aromatic heterocycles. The molecule has 0 saturated heterocycles. The Kier molecular flexibility index (Phi) is 5.42. The highest BCUT2D eigenvalue weighted by atomic mass is 16.2. The van der Waals surface area contributed by atoms with E-state index in [1.165, 1.54) is 0 Å². The lowest BCUT2D eigenvalue weighted by Gasteiger charge is -1.74. The zero-order valence-corrected chi connectivity index (χ0v) is 4.57. The Labute approximate surface area is 50.7 Å². The summed E-state index contributed by atoms with van der Waals surface area (Å²) in [5, 5.41) is 5.23. The van der Waals surface area contributed by atoms with Crippen LogP contribution in [-0.4, -0.2) is 12.1 Å². The topological polar surface area (TPSA) is 146 Å². The predicted molar refractivity (Wildman–Crippen MR) is 29.0 cm³/mol. The molecule has 52 valence electrons. The van der Waals surface area contributed by atoms with E-state index in [-0.39, 0.29) is 6.15 Å². The minimum absolute atomic E-state index is 0. The van der Waals surface area contributed by atoms with Crippen LogP contribution in [0.5, 0.6) is 0 Å². The molecule has 0 spiro atoms. The molecule has 9 heavy (non-hydrogen) atoms. The Hall–Kier alpha value is -1.50. The van der Waals surface area contributed by atoms with Gasteiger partial charge in [0.25, 0.3) is 0 Å². The Morgan fingerprint density at radius 1 is 1.00 bits per heavy atom. The molecule has 7 N–H and O–H groups in total. The number of hydrogen-bond donors (Lipinski definition) is 3. The molecule has 0 unspecified atom stereocenters. The molecule has 0 aliphatic rings. The van der Waals surface area contributed by atoms with Gasteiger partial charge in [-0.05, 0) is 0 Å². The van der Waals surface area contributed by atoms with Crippen LogP contribution in [-0.2, 0) is 0 Å². The van der Waals surface area contributed by atoms with Crippen LogP contribution in [0.15, 0.2) is 10.2 Å². The third kappa shape index (κ3) is 10.7. The van der Waals surface area contributed by atoms with E-state index in [1.54, 1.807) is 0 Å². The molecule has 4 amide bonds. The standard InChI is InChI=1S/C2H4N4O2.H3N/c3-1(7)5-6-2(4)8;/h(H2,3,7)(H2,4,8);1H3/b6-5+;. The van der Waals surface area contributed by atoms with Gasteiger partial charge in [-0.3, -0.25) is 0 Å². The highest BCUT2D eigenvalue weighted by Gasteiger charge is 1.86. The quantitative estimate of drug-likeness (QED) is 0.391. The van der Waals surface area contributed by atoms with Crippen LogP contribution >= 0.6 is 0 Å². The van der Waals surface area contributed by atoms with Gasteiger partial charge in [0.2, 0.25) is 0 Å². The molecule has 0 heterocycles. The smallest absolute Gasteiger partial charge is 0.348 e. The Balaban J connectivity index is 0. The van der Waals surface area contributed by atoms with Gasteiger partial charge in [0, 0.05) is 0 Å². The van der Waals surface area contributed by atoms with Crippen LogP contribution in [0.4, 0.5) is 9.59 Å². The Morgan fingerprint density at radius 2 is 1.22 bits per heavy atom. The fourth-order valence-corrected chi connectivity index (χ4v) is 0.0986. The molecule has 0 aliphatic heterocycles. The number of urea groups is 2. The maximum atomic E-state index is 9.66. The minimum atomic E-state index is -1.04. The average molecular weight is 133 g/mol. The first-order valence-electron chi connectivity index (χ1n) is 1.63. The maximum absolute atomic E-state index is 9.66. The number of rotatable bonds is 0. The second-order valence-electron chi connectivity index (χ2n) is 0.876. The number of nitrogens with zero attached hydrogens (tertiary/aromatic N) is 2. The van der Waals surface area contributed by atoms with Crippen LogP contribution < -0.4 is 17.6 Å². The number of hydrogen-bond acceptors (Lipinski definition) is 3. The fourth-order valence-electron chi connectivity index (χ4n) is 0.0986. The van der Waals surface area contributed by atoms with Gasteiger partial charge in [-0.2, -0.15) is 0 Å². The number of azo groups is 1. The maximum Gasteiger partial charge on any atom is 0.357 e. The third-order valence-corrected chi connectivity index (χ3v) is 0.247. The van der Waals surface area contributed by atoms with Crippen LogP contribution in [0.1, 0.15) is 0 Å². The summed E-state index contributed by atoms with van der Waals surface area (Å²) in [5.41, 5.74) is 8.87. The van der Waals surface area contributed by atoms with E-state index >= 15 is 0 Å². The lowest BCUT2D eigenvalue weighted by molar-refractivity contribution is 0.249. The van der Waals surface area contributed by atoms with Crippen molar-refractivity contribution < 1.29 is 9.59 Å². The summed E-state index contributed by atoms with van der Waals surface area (Å²) >= 11 is 0. The summed E-state index contributed by atoms with van der Waals surface area (Å²) in [7, 11) is 0. The summed E-state index contributed by atoms with van der Waals surface area (Å²) < 4.78 is 0. The van der Waals surface area contributed by atoms with Gasteiger partial charge in [0.05, 0.1) is 0 Å². The molecule has 7 nitrogen and oxygen atoms in total. The number of primary amides is 2. The van der Waals surface area contributed by atoms with Crippen molar-refractivity contribution in [3.63, 3.8) is 0 Å². The third-order valence-electron chi connectivity index (χ3n) is 0.247. The average Bonchev–Trinajstić information content (AvgIpc) is 1.61. The molecule has 0 bridgehead atoms. The fraction of sp³-hybridized carbons (Fsp3) is 0. The predicted octanol–water partition coefficient (Wildman–Crippen LogP) is -0.242. The SMILES string of the molecule is N.NC(=O)/N=N/C(N)=O. The van der Waals surface area contributed by atoms with Gasteiger partial charge >= 0.3 is 12.1 Å². The lowest BCUT2D eigenvalue weighted by atomic mass is 11.1. The van der Waals surface area contributed by atoms with Crippen molar-refractivity contribution in [1.82, 2.24) is 6.15 Å². The highest BCUT2D eigenvalue weighted by molar-refractivity contribution is 5.77. The number of nitrogens with two attached hydrogens (primary N) is 2. The largest absolute Gasteiger partial charge is 0.357 e. The second-order valence-corrected chi connectivity index (χ2v) is 0.876. The van der Waals surface area contributed by atoms with Crippen molar-refractivity contribution >= 4 is 12.1 Å². The van der Waals surface area contributed by atoms with Crippen molar-refractivity contribution in [2.24, 2.45) is 21.7 Å². The molecular formula is C2H7N5O2. The summed E-state index contributed by atoms with van der Waals surface area (Å²) in [6.07, 6.45) is 0. The monoisotopic (exact) mass is 133 g/mol. The molecule has 0 aromatic carbocycles. The lowest BCUT2D eigenvalue weighted by Crippen LogP contribution is -2.07. The minimum Gasteiger partial charge on any atom is -0.348 e. The van der Waals surface area contributed by atoms with E-state index in [2.05, 4.69) is 21.7 Å². The van der Waals surface area contributed by atoms with E-state index in [9.17, 15) is 9.59 Å². The number of carbonyl (C=O) groups is 2. The Bertz CT molecular complexity index is 124. The first kappa shape index (κ1) is 10.5. The van der Waals surface area contributed by atoms with Crippen molar-refractivity contribution in [1.29, 1.82) is 0 Å². The van der Waals surface area contributed by atoms with E-state index in [0.717, 1.165) is 0 Å². The Morgan fingerprint density at radius 3 is 1.33 bits per heavy atom. The number of amides is 4. The molecular weight excluding hydrogens is 126 g/mol. The zero-order valence-electron chi connectivity index (χ0n) is 4.57. The highest BCUT2D eigenvalue weighted by Crippen LogP contribution is 1.72. The summed E-state index contributed by atoms with van der Waals surface area (Å²) in [5.74, 6) is 0. The zero-order chi connectivity index (χ0) is 6.57. The van der Waals surface area contributed by atoms with Gasteiger partial charge in [-0.25, -0.2) is 9.59 Å². The molecule has 0 rings (SSSR count). The summed E-state index contributed by atoms with van der Waals surface area (Å²) in [4.78, 5) is 19.3. The van der Waals surface area contributed by atoms with E-state index in [0.29, 0.717) is 0 Å². The van der Waals surface area contributed by atoms with Crippen LogP contribution in [0.25, 0.3) is 0 Å². The van der Waals surface area contributed by atoms with Gasteiger partial charge in [-0.1, -0.05) is 10.2 Å². The molecule has 0 fully saturated rings. The molecule has 0 aliphatic carbocycles. The van der Waals surface area contributed by atoms with Crippen molar-refractivity contribution in [2.45, 2.75) is 0 Å². The molecule has 0 atom stereocenters. The first-order valence-corrected chi connectivity index (χ1v) is 1.63. The molecule has 0 aromatic rings. The van der Waals surface area contributed by atoms with Gasteiger partial charge in [0.15, 0.2) is 0 Å². The first-order chi connectivity index (χ1) is 3.63. The van der Waals surface area contributed by atoms with Gasteiger partial charge < -0.3 is 17.6 Å². The van der Waals surface area contributed by atoms with E-state index in [1.807, 2.05) is 0 Å². The van der Waals surface area contributed by atoms with Crippen LogP contribution in [0.2, 0.25) is 0 Å². The van der Waals surface area contributed by atoms with Crippen molar-refractivity contribution in [2.75, 3.05) is 0 Å². The molecule has 0 radical (unpaired) electrons. The van der Waals surface area contributed by atoms with E-state index < -0.39 is 12.1 Å². The molecule has 7 heteroatoms. The molecule has 0 saturated carbocycles. The van der Waals surface area contributed by atoms with E-state index in [4.69, 9.17) is 0 Å². The number of carbonyl (C=O) groups excluding carboxylic acids is 2. The van der Waals surface area contributed by atoms with Crippen molar-refractivity contribution in [3.05, 3.63) is 0 Å². The van der Waals surface area contributed by atoms with Gasteiger partial charge in [-0.15, -0.1) is 0 Å². The van der Waals surface area contributed by atoms with Crippen LogP contribution in [0, 0.1) is 0 Å². The normalized spacial score (nSPS) is 8.44.